The molecule has 0 amide bonds. The fraction of sp³-hybridized carbons (Fsp3) is 0.483. The summed E-state index contributed by atoms with van der Waals surface area (Å²) in [7, 11) is -3.75. The van der Waals surface area contributed by atoms with Crippen LogP contribution >= 0.6 is 0 Å². The first kappa shape index (κ1) is 26.4. The van der Waals surface area contributed by atoms with Gasteiger partial charge in [0, 0.05) is 31.7 Å². The topological polar surface area (TPSA) is 64.4 Å². The molecule has 0 bridgehead atoms. The second-order valence-corrected chi connectivity index (χ2v) is 12.2. The molecule has 0 spiro atoms. The van der Waals surface area contributed by atoms with Gasteiger partial charge in [-0.1, -0.05) is 32.1 Å². The quantitative estimate of drug-likeness (QED) is 0.308. The molecule has 36 heavy (non-hydrogen) atoms. The molecule has 4 rings (SSSR count). The summed E-state index contributed by atoms with van der Waals surface area (Å²) in [6.45, 7) is 12.7. The summed E-state index contributed by atoms with van der Waals surface area (Å²) >= 11 is 0. The molecule has 1 unspecified atom stereocenters. The standard InChI is InChI=1S/C29H39N3O3S/c1-5-6-8-24-10-12-28(23(4)17-24)32(20-22(2)3)36(33,34)27-11-13-29-26(18-27)19-30-31(29)21-25-9-7-15-35-16-14-25/h5,10-13,17-19,22,25H,1,6-9,14-16,20-21H2,2-4H3. The van der Waals surface area contributed by atoms with E-state index in [-0.39, 0.29) is 5.92 Å². The third-order valence-corrected chi connectivity index (χ3v) is 8.68. The van der Waals surface area contributed by atoms with Crippen molar-refractivity contribution in [1.29, 1.82) is 0 Å². The lowest BCUT2D eigenvalue weighted by Gasteiger charge is -2.28. The average Bonchev–Trinajstić information content (AvgIpc) is 3.06. The Morgan fingerprint density at radius 3 is 2.78 bits per heavy atom. The summed E-state index contributed by atoms with van der Waals surface area (Å²) < 4.78 is 37.1. The van der Waals surface area contributed by atoms with Crippen LogP contribution in [-0.4, -0.2) is 38.0 Å². The summed E-state index contributed by atoms with van der Waals surface area (Å²) in [5, 5.41) is 5.45. The Kier molecular flexibility index (Phi) is 8.52. The van der Waals surface area contributed by atoms with Gasteiger partial charge in [-0.3, -0.25) is 8.99 Å². The first-order valence-corrected chi connectivity index (χ1v) is 14.5. The summed E-state index contributed by atoms with van der Waals surface area (Å²) in [4.78, 5) is 0.299. The molecule has 1 aliphatic heterocycles. The Labute approximate surface area is 216 Å². The number of rotatable bonds is 10. The minimum Gasteiger partial charge on any atom is -0.381 e. The lowest BCUT2D eigenvalue weighted by molar-refractivity contribution is 0.140. The molecule has 0 radical (unpaired) electrons. The predicted molar refractivity (Wildman–Crippen MR) is 147 cm³/mol. The lowest BCUT2D eigenvalue weighted by atomic mass is 10.0. The number of hydrogen-bond acceptors (Lipinski definition) is 4. The molecule has 194 valence electrons. The molecule has 3 aromatic rings. The average molecular weight is 510 g/mol. The smallest absolute Gasteiger partial charge is 0.264 e. The van der Waals surface area contributed by atoms with E-state index in [1.165, 1.54) is 5.56 Å². The molecule has 1 fully saturated rings. The molecule has 0 saturated carbocycles. The Bertz CT molecular complexity index is 1290. The van der Waals surface area contributed by atoms with Gasteiger partial charge in [-0.2, -0.15) is 5.10 Å². The molecule has 1 aromatic heterocycles. The minimum atomic E-state index is -3.75. The van der Waals surface area contributed by atoms with Gasteiger partial charge in [0.1, 0.15) is 0 Å². The number of sulfonamides is 1. The van der Waals surface area contributed by atoms with E-state index >= 15 is 0 Å². The van der Waals surface area contributed by atoms with E-state index in [9.17, 15) is 8.42 Å². The van der Waals surface area contributed by atoms with Crippen molar-refractivity contribution in [2.24, 2.45) is 11.8 Å². The van der Waals surface area contributed by atoms with Crippen molar-refractivity contribution in [1.82, 2.24) is 9.78 Å². The number of hydrogen-bond donors (Lipinski definition) is 0. The first-order valence-electron chi connectivity index (χ1n) is 13.1. The fourth-order valence-corrected chi connectivity index (χ4v) is 6.70. The second-order valence-electron chi connectivity index (χ2n) is 10.3. The number of anilines is 1. The van der Waals surface area contributed by atoms with E-state index in [1.807, 2.05) is 49.7 Å². The van der Waals surface area contributed by atoms with Gasteiger partial charge in [0.2, 0.25) is 0 Å². The largest absolute Gasteiger partial charge is 0.381 e. The third-order valence-electron chi connectivity index (χ3n) is 6.90. The van der Waals surface area contributed by atoms with Crippen LogP contribution < -0.4 is 4.31 Å². The summed E-state index contributed by atoms with van der Waals surface area (Å²) in [6.07, 6.45) is 8.72. The SMILES string of the molecule is C=CCCc1ccc(N(CC(C)C)S(=O)(=O)c2ccc3c(cnn3CC3CCCOCC3)c2)c(C)c1. The third kappa shape index (κ3) is 6.01. The van der Waals surface area contributed by atoms with E-state index in [4.69, 9.17) is 4.74 Å². The molecule has 6 nitrogen and oxygen atoms in total. The van der Waals surface area contributed by atoms with Crippen LogP contribution in [-0.2, 0) is 27.7 Å². The van der Waals surface area contributed by atoms with Crippen molar-refractivity contribution in [2.75, 3.05) is 24.1 Å². The predicted octanol–water partition coefficient (Wildman–Crippen LogP) is 6.13. The normalized spacial score (nSPS) is 16.8. The van der Waals surface area contributed by atoms with Crippen LogP contribution in [0.2, 0.25) is 0 Å². The second kappa shape index (κ2) is 11.6. The van der Waals surface area contributed by atoms with E-state index in [0.717, 1.165) is 74.0 Å². The van der Waals surface area contributed by atoms with Crippen LogP contribution in [0.5, 0.6) is 0 Å². The van der Waals surface area contributed by atoms with E-state index < -0.39 is 10.0 Å². The van der Waals surface area contributed by atoms with Gasteiger partial charge >= 0.3 is 0 Å². The number of aryl methyl sites for hydroxylation is 2. The zero-order valence-electron chi connectivity index (χ0n) is 21.8. The van der Waals surface area contributed by atoms with Gasteiger partial charge < -0.3 is 4.74 Å². The van der Waals surface area contributed by atoms with Gasteiger partial charge in [0.05, 0.1) is 22.3 Å². The minimum absolute atomic E-state index is 0.176. The summed E-state index contributed by atoms with van der Waals surface area (Å²) in [5.41, 5.74) is 3.85. The zero-order chi connectivity index (χ0) is 25.7. The molecule has 7 heteroatoms. The zero-order valence-corrected chi connectivity index (χ0v) is 22.6. The number of nitrogens with zero attached hydrogens (tertiary/aromatic N) is 3. The number of ether oxygens (including phenoxy) is 1. The highest BCUT2D eigenvalue weighted by Crippen LogP contribution is 2.31. The highest BCUT2D eigenvalue weighted by molar-refractivity contribution is 7.92. The Morgan fingerprint density at radius 1 is 1.19 bits per heavy atom. The van der Waals surface area contributed by atoms with Crippen molar-refractivity contribution in [3.63, 3.8) is 0 Å². The number of fused-ring (bicyclic) bond motifs is 1. The van der Waals surface area contributed by atoms with E-state index in [0.29, 0.717) is 17.4 Å². The maximum absolute atomic E-state index is 14.0. The number of aromatic nitrogens is 2. The van der Waals surface area contributed by atoms with Crippen molar-refractivity contribution < 1.29 is 13.2 Å². The van der Waals surface area contributed by atoms with Crippen molar-refractivity contribution in [3.05, 3.63) is 66.4 Å². The van der Waals surface area contributed by atoms with Gasteiger partial charge in [-0.25, -0.2) is 8.42 Å². The monoisotopic (exact) mass is 509 g/mol. The van der Waals surface area contributed by atoms with E-state index in [2.05, 4.69) is 17.7 Å². The molecule has 0 N–H and O–H groups in total. The van der Waals surface area contributed by atoms with Crippen LogP contribution in [0.3, 0.4) is 0 Å². The molecule has 2 heterocycles. The van der Waals surface area contributed by atoms with E-state index in [1.54, 1.807) is 22.6 Å². The van der Waals surface area contributed by atoms with Crippen LogP contribution in [0.25, 0.3) is 10.9 Å². The molecule has 0 aliphatic carbocycles. The van der Waals surface area contributed by atoms with Crippen LogP contribution in [0.1, 0.15) is 50.7 Å². The van der Waals surface area contributed by atoms with Gasteiger partial charge in [0.25, 0.3) is 10.0 Å². The van der Waals surface area contributed by atoms with Gasteiger partial charge in [0.15, 0.2) is 0 Å². The van der Waals surface area contributed by atoms with Gasteiger partial charge in [-0.15, -0.1) is 6.58 Å². The molecule has 1 saturated heterocycles. The molecule has 2 aromatic carbocycles. The van der Waals surface area contributed by atoms with Crippen LogP contribution in [0.15, 0.2) is 60.1 Å². The molecule has 1 aliphatic rings. The van der Waals surface area contributed by atoms with Crippen LogP contribution in [0.4, 0.5) is 5.69 Å². The highest BCUT2D eigenvalue weighted by atomic mass is 32.2. The maximum Gasteiger partial charge on any atom is 0.264 e. The fourth-order valence-electron chi connectivity index (χ4n) is 4.98. The first-order chi connectivity index (χ1) is 17.3. The molecular weight excluding hydrogens is 470 g/mol. The Balaban J connectivity index is 1.64. The summed E-state index contributed by atoms with van der Waals surface area (Å²) in [6, 6.07) is 11.5. The molecule has 1 atom stereocenters. The van der Waals surface area contributed by atoms with Crippen molar-refractivity contribution >= 4 is 26.6 Å². The number of allylic oxidation sites excluding steroid dienone is 1. The Hall–Kier alpha value is -2.64. The molecular formula is C29H39N3O3S. The van der Waals surface area contributed by atoms with Crippen molar-refractivity contribution in [3.8, 4) is 0 Å². The maximum atomic E-state index is 14.0. The lowest BCUT2D eigenvalue weighted by Crippen LogP contribution is -2.34. The van der Waals surface area contributed by atoms with Crippen molar-refractivity contribution in [2.45, 2.75) is 64.3 Å². The number of benzene rings is 2. The van der Waals surface area contributed by atoms with Gasteiger partial charge in [-0.05, 0) is 86.3 Å². The van der Waals surface area contributed by atoms with Crippen LogP contribution in [0, 0.1) is 18.8 Å². The Morgan fingerprint density at radius 2 is 2.03 bits per heavy atom. The highest BCUT2D eigenvalue weighted by Gasteiger charge is 2.27. The summed E-state index contributed by atoms with van der Waals surface area (Å²) in [5.74, 6) is 0.702.